The fraction of sp³-hybridized carbons (Fsp3) is 0.318. The van der Waals surface area contributed by atoms with Crippen molar-refractivity contribution in [1.82, 2.24) is 10.2 Å². The SMILES string of the molecule is CC1(Cc2ccc3c(c2)OCO3)NC(=O)N(CC(=O)c2ccc3c(c2)OCCO3)C1=O. The van der Waals surface area contributed by atoms with Gasteiger partial charge in [0.05, 0.1) is 6.54 Å². The van der Waals surface area contributed by atoms with Crippen LogP contribution in [0.2, 0.25) is 0 Å². The number of carbonyl (C=O) groups is 3. The van der Waals surface area contributed by atoms with Crippen molar-refractivity contribution in [2.24, 2.45) is 0 Å². The molecule has 3 aliphatic heterocycles. The maximum atomic E-state index is 13.1. The molecular formula is C22H20N2O7. The van der Waals surface area contributed by atoms with Crippen molar-refractivity contribution in [3.8, 4) is 23.0 Å². The summed E-state index contributed by atoms with van der Waals surface area (Å²) >= 11 is 0. The van der Waals surface area contributed by atoms with E-state index in [4.69, 9.17) is 18.9 Å². The Morgan fingerprint density at radius 1 is 0.968 bits per heavy atom. The number of urea groups is 1. The van der Waals surface area contributed by atoms with Crippen molar-refractivity contribution in [3.05, 3.63) is 47.5 Å². The number of imide groups is 1. The summed E-state index contributed by atoms with van der Waals surface area (Å²) in [5.41, 5.74) is -0.0210. The minimum Gasteiger partial charge on any atom is -0.486 e. The molecule has 0 spiro atoms. The first-order valence-corrected chi connectivity index (χ1v) is 9.88. The smallest absolute Gasteiger partial charge is 0.325 e. The van der Waals surface area contributed by atoms with Gasteiger partial charge in [-0.3, -0.25) is 14.5 Å². The van der Waals surface area contributed by atoms with E-state index in [0.29, 0.717) is 41.8 Å². The largest absolute Gasteiger partial charge is 0.486 e. The Morgan fingerprint density at radius 3 is 2.48 bits per heavy atom. The first kappa shape index (κ1) is 19.2. The Labute approximate surface area is 177 Å². The van der Waals surface area contributed by atoms with Gasteiger partial charge < -0.3 is 24.3 Å². The van der Waals surface area contributed by atoms with Gasteiger partial charge in [-0.2, -0.15) is 0 Å². The number of ether oxygens (including phenoxy) is 4. The molecule has 1 saturated heterocycles. The average molecular weight is 424 g/mol. The highest BCUT2D eigenvalue weighted by atomic mass is 16.7. The molecule has 0 aliphatic carbocycles. The Balaban J connectivity index is 1.31. The van der Waals surface area contributed by atoms with Gasteiger partial charge in [-0.25, -0.2) is 4.79 Å². The molecule has 31 heavy (non-hydrogen) atoms. The number of Topliss-reactive ketones (excluding diaryl/α,β-unsaturated/α-hetero) is 1. The standard InChI is InChI=1S/C22H20N2O7/c1-22(10-13-2-4-17-18(8-13)31-12-30-17)20(26)24(21(27)23-22)11-15(25)14-3-5-16-19(9-14)29-7-6-28-16/h2-5,8-9H,6-7,10-12H2,1H3,(H,23,27). The maximum Gasteiger partial charge on any atom is 0.325 e. The third-order valence-electron chi connectivity index (χ3n) is 5.51. The molecule has 2 aromatic rings. The summed E-state index contributed by atoms with van der Waals surface area (Å²) < 4.78 is 21.6. The number of ketones is 1. The van der Waals surface area contributed by atoms with Crippen molar-refractivity contribution < 1.29 is 33.3 Å². The lowest BCUT2D eigenvalue weighted by Gasteiger charge is -2.22. The van der Waals surface area contributed by atoms with E-state index in [2.05, 4.69) is 5.32 Å². The van der Waals surface area contributed by atoms with Crippen LogP contribution in [0.4, 0.5) is 4.79 Å². The average Bonchev–Trinajstić information content (AvgIpc) is 3.31. The Bertz CT molecular complexity index is 1100. The number of fused-ring (bicyclic) bond motifs is 2. The van der Waals surface area contributed by atoms with Gasteiger partial charge in [-0.1, -0.05) is 6.07 Å². The number of amides is 3. The number of hydrogen-bond donors (Lipinski definition) is 1. The van der Waals surface area contributed by atoms with Crippen LogP contribution in [-0.4, -0.2) is 54.7 Å². The Hall–Kier alpha value is -3.75. The van der Waals surface area contributed by atoms with Crippen LogP contribution in [0.1, 0.15) is 22.8 Å². The van der Waals surface area contributed by atoms with E-state index < -0.39 is 17.5 Å². The molecule has 160 valence electrons. The van der Waals surface area contributed by atoms with Gasteiger partial charge in [0.1, 0.15) is 18.8 Å². The summed E-state index contributed by atoms with van der Waals surface area (Å²) in [6, 6.07) is 9.60. The van der Waals surface area contributed by atoms with E-state index >= 15 is 0 Å². The van der Waals surface area contributed by atoms with Crippen LogP contribution in [0.15, 0.2) is 36.4 Å². The first-order chi connectivity index (χ1) is 14.9. The highest BCUT2D eigenvalue weighted by molar-refractivity contribution is 6.11. The molecule has 0 saturated carbocycles. The molecule has 2 aromatic carbocycles. The number of benzene rings is 2. The quantitative estimate of drug-likeness (QED) is 0.578. The lowest BCUT2D eigenvalue weighted by atomic mass is 9.92. The summed E-state index contributed by atoms with van der Waals surface area (Å²) in [6.45, 7) is 2.29. The van der Waals surface area contributed by atoms with Crippen LogP contribution in [0, 0.1) is 0 Å². The van der Waals surface area contributed by atoms with Crippen LogP contribution in [0.25, 0.3) is 0 Å². The topological polar surface area (TPSA) is 103 Å². The van der Waals surface area contributed by atoms with Gasteiger partial charge in [0.25, 0.3) is 5.91 Å². The molecule has 0 bridgehead atoms. The number of carbonyl (C=O) groups excluding carboxylic acids is 3. The molecule has 3 heterocycles. The number of nitrogens with zero attached hydrogens (tertiary/aromatic N) is 1. The number of hydrogen-bond acceptors (Lipinski definition) is 7. The molecule has 3 amide bonds. The van der Waals surface area contributed by atoms with Crippen LogP contribution in [0.3, 0.4) is 0 Å². The minimum atomic E-state index is -1.17. The normalized spacial score (nSPS) is 21.3. The predicted octanol–water partition coefficient (Wildman–Crippen LogP) is 1.92. The van der Waals surface area contributed by atoms with E-state index in [9.17, 15) is 14.4 Å². The van der Waals surface area contributed by atoms with Crippen molar-refractivity contribution in [3.63, 3.8) is 0 Å². The summed E-state index contributed by atoms with van der Waals surface area (Å²) in [6.07, 6.45) is 0.253. The molecule has 3 aliphatic rings. The highest BCUT2D eigenvalue weighted by Crippen LogP contribution is 2.34. The molecule has 5 rings (SSSR count). The van der Waals surface area contributed by atoms with E-state index in [1.54, 1.807) is 37.3 Å². The van der Waals surface area contributed by atoms with Gasteiger partial charge in [0.15, 0.2) is 28.8 Å². The summed E-state index contributed by atoms with van der Waals surface area (Å²) in [7, 11) is 0. The van der Waals surface area contributed by atoms with E-state index in [-0.39, 0.29) is 25.5 Å². The molecule has 1 unspecified atom stereocenters. The van der Waals surface area contributed by atoms with Gasteiger partial charge in [0, 0.05) is 12.0 Å². The van der Waals surface area contributed by atoms with Gasteiger partial charge >= 0.3 is 6.03 Å². The van der Waals surface area contributed by atoms with Gasteiger partial charge in [-0.15, -0.1) is 0 Å². The van der Waals surface area contributed by atoms with Crippen molar-refractivity contribution in [1.29, 1.82) is 0 Å². The summed E-state index contributed by atoms with van der Waals surface area (Å²) in [4.78, 5) is 39.3. The Kier molecular flexibility index (Phi) is 4.46. The second kappa shape index (κ2) is 7.19. The van der Waals surface area contributed by atoms with E-state index in [1.165, 1.54) is 0 Å². The fourth-order valence-corrected chi connectivity index (χ4v) is 3.92. The fourth-order valence-electron chi connectivity index (χ4n) is 3.92. The molecule has 9 nitrogen and oxygen atoms in total. The van der Waals surface area contributed by atoms with Crippen molar-refractivity contribution in [2.45, 2.75) is 18.9 Å². The van der Waals surface area contributed by atoms with Crippen LogP contribution >= 0.6 is 0 Å². The van der Waals surface area contributed by atoms with Crippen LogP contribution in [0.5, 0.6) is 23.0 Å². The van der Waals surface area contributed by atoms with Crippen molar-refractivity contribution in [2.75, 3.05) is 26.6 Å². The second-order valence-electron chi connectivity index (χ2n) is 7.80. The zero-order valence-electron chi connectivity index (χ0n) is 16.8. The molecule has 9 heteroatoms. The molecular weight excluding hydrogens is 404 g/mol. The highest BCUT2D eigenvalue weighted by Gasteiger charge is 2.48. The third-order valence-corrected chi connectivity index (χ3v) is 5.51. The maximum absolute atomic E-state index is 13.1. The monoisotopic (exact) mass is 424 g/mol. The molecule has 1 N–H and O–H groups in total. The van der Waals surface area contributed by atoms with Crippen LogP contribution in [-0.2, 0) is 11.2 Å². The van der Waals surface area contributed by atoms with Crippen molar-refractivity contribution >= 4 is 17.7 Å². The molecule has 1 fully saturated rings. The molecule has 0 radical (unpaired) electrons. The zero-order chi connectivity index (χ0) is 21.6. The minimum absolute atomic E-state index is 0.154. The van der Waals surface area contributed by atoms with Crippen LogP contribution < -0.4 is 24.3 Å². The molecule has 0 aromatic heterocycles. The van der Waals surface area contributed by atoms with E-state index in [0.717, 1.165) is 10.5 Å². The molecule has 1 atom stereocenters. The third kappa shape index (κ3) is 3.41. The summed E-state index contributed by atoms with van der Waals surface area (Å²) in [5.74, 6) is 1.45. The Morgan fingerprint density at radius 2 is 1.65 bits per heavy atom. The van der Waals surface area contributed by atoms with Gasteiger partial charge in [0.2, 0.25) is 6.79 Å². The number of rotatable bonds is 5. The zero-order valence-corrected chi connectivity index (χ0v) is 16.8. The summed E-state index contributed by atoms with van der Waals surface area (Å²) in [5, 5.41) is 2.72. The second-order valence-corrected chi connectivity index (χ2v) is 7.80. The predicted molar refractivity (Wildman–Crippen MR) is 107 cm³/mol. The van der Waals surface area contributed by atoms with Gasteiger partial charge in [-0.05, 0) is 42.8 Å². The number of nitrogens with one attached hydrogen (secondary N) is 1. The van der Waals surface area contributed by atoms with E-state index in [1.807, 2.05) is 6.07 Å². The first-order valence-electron chi connectivity index (χ1n) is 9.88. The lowest BCUT2D eigenvalue weighted by Crippen LogP contribution is -2.46. The lowest BCUT2D eigenvalue weighted by molar-refractivity contribution is -0.130.